The molecule has 1 atom stereocenters. The smallest absolute Gasteiger partial charge is 0.243 e. The summed E-state index contributed by atoms with van der Waals surface area (Å²) >= 11 is 3.38. The van der Waals surface area contributed by atoms with Crippen molar-refractivity contribution in [3.8, 4) is 0 Å². The number of halogens is 1. The van der Waals surface area contributed by atoms with Gasteiger partial charge in [-0.1, -0.05) is 15.9 Å². The zero-order chi connectivity index (χ0) is 14.1. The molecule has 0 spiro atoms. The standard InChI is InChI=1S/C12H18BrNO3S/c1-8-6-12(9(2)5-11(8)13)18(16,17)14(4)10(3)7-15/h5-6,10,15H,7H2,1-4H3. The van der Waals surface area contributed by atoms with Gasteiger partial charge in [-0.25, -0.2) is 8.42 Å². The van der Waals surface area contributed by atoms with Gasteiger partial charge in [0.05, 0.1) is 11.5 Å². The third kappa shape index (κ3) is 2.93. The molecule has 0 aliphatic rings. The van der Waals surface area contributed by atoms with Crippen molar-refractivity contribution in [3.05, 3.63) is 27.7 Å². The van der Waals surface area contributed by atoms with Crippen LogP contribution in [-0.4, -0.2) is 37.5 Å². The predicted octanol–water partition coefficient (Wildman–Crippen LogP) is 2.07. The number of aliphatic hydroxyl groups is 1. The number of nitrogens with zero attached hydrogens (tertiary/aromatic N) is 1. The van der Waals surface area contributed by atoms with Gasteiger partial charge < -0.3 is 5.11 Å². The van der Waals surface area contributed by atoms with Crippen LogP contribution < -0.4 is 0 Å². The van der Waals surface area contributed by atoms with E-state index in [4.69, 9.17) is 5.11 Å². The summed E-state index contributed by atoms with van der Waals surface area (Å²) in [4.78, 5) is 0.283. The highest BCUT2D eigenvalue weighted by molar-refractivity contribution is 9.10. The highest BCUT2D eigenvalue weighted by Gasteiger charge is 2.26. The van der Waals surface area contributed by atoms with Crippen LogP contribution in [0.4, 0.5) is 0 Å². The molecule has 0 amide bonds. The SMILES string of the molecule is Cc1cc(S(=O)(=O)N(C)C(C)CO)c(C)cc1Br. The van der Waals surface area contributed by atoms with E-state index in [1.165, 1.54) is 11.4 Å². The van der Waals surface area contributed by atoms with Crippen LogP contribution in [0.3, 0.4) is 0 Å². The maximum absolute atomic E-state index is 12.4. The number of sulfonamides is 1. The monoisotopic (exact) mass is 335 g/mol. The predicted molar refractivity (Wildman–Crippen MR) is 75.1 cm³/mol. The fourth-order valence-electron chi connectivity index (χ4n) is 1.54. The summed E-state index contributed by atoms with van der Waals surface area (Å²) in [6, 6.07) is 2.99. The van der Waals surface area contributed by atoms with E-state index in [-0.39, 0.29) is 11.5 Å². The van der Waals surface area contributed by atoms with Gasteiger partial charge in [0.15, 0.2) is 0 Å². The van der Waals surface area contributed by atoms with Gasteiger partial charge in [-0.2, -0.15) is 4.31 Å². The summed E-state index contributed by atoms with van der Waals surface area (Å²) in [6.45, 7) is 5.06. The van der Waals surface area contributed by atoms with Crippen LogP contribution in [0, 0.1) is 13.8 Å². The molecule has 18 heavy (non-hydrogen) atoms. The molecule has 0 saturated heterocycles. The Balaban J connectivity index is 3.33. The van der Waals surface area contributed by atoms with Crippen molar-refractivity contribution in [3.63, 3.8) is 0 Å². The number of benzene rings is 1. The second-order valence-corrected chi connectivity index (χ2v) is 7.24. The van der Waals surface area contributed by atoms with Crippen LogP contribution in [0.15, 0.2) is 21.5 Å². The minimum Gasteiger partial charge on any atom is -0.395 e. The molecule has 4 nitrogen and oxygen atoms in total. The molecule has 0 fully saturated rings. The molecular formula is C12H18BrNO3S. The summed E-state index contributed by atoms with van der Waals surface area (Å²) in [6.07, 6.45) is 0. The van der Waals surface area contributed by atoms with E-state index in [2.05, 4.69) is 15.9 Å². The Hall–Kier alpha value is -0.430. The van der Waals surface area contributed by atoms with Crippen molar-refractivity contribution in [1.29, 1.82) is 0 Å². The Kier molecular flexibility index (Phi) is 4.94. The van der Waals surface area contributed by atoms with Gasteiger partial charge in [0.1, 0.15) is 0 Å². The number of rotatable bonds is 4. The van der Waals surface area contributed by atoms with Gasteiger partial charge in [-0.05, 0) is 44.0 Å². The summed E-state index contributed by atoms with van der Waals surface area (Å²) in [5, 5.41) is 9.07. The molecule has 1 rings (SSSR count). The second-order valence-electron chi connectivity index (χ2n) is 4.42. The van der Waals surface area contributed by atoms with Crippen LogP contribution in [0.5, 0.6) is 0 Å². The molecule has 0 radical (unpaired) electrons. The lowest BCUT2D eigenvalue weighted by Gasteiger charge is -2.23. The first kappa shape index (κ1) is 15.6. The molecule has 6 heteroatoms. The normalized spacial score (nSPS) is 13.9. The topological polar surface area (TPSA) is 57.6 Å². The molecule has 102 valence electrons. The van der Waals surface area contributed by atoms with Gasteiger partial charge in [-0.3, -0.25) is 0 Å². The summed E-state index contributed by atoms with van der Waals surface area (Å²) in [5.74, 6) is 0. The average molecular weight is 336 g/mol. The third-order valence-electron chi connectivity index (χ3n) is 3.00. The summed E-state index contributed by atoms with van der Waals surface area (Å²) in [5.41, 5.74) is 1.55. The minimum absolute atomic E-state index is 0.204. The number of aliphatic hydroxyl groups excluding tert-OH is 1. The molecule has 0 aliphatic carbocycles. The Morgan fingerprint density at radius 1 is 1.33 bits per heavy atom. The number of aryl methyl sites for hydroxylation is 2. The fraction of sp³-hybridized carbons (Fsp3) is 0.500. The Bertz CT molecular complexity index is 542. The zero-order valence-electron chi connectivity index (χ0n) is 10.9. The molecular weight excluding hydrogens is 318 g/mol. The van der Waals surface area contributed by atoms with Crippen LogP contribution >= 0.6 is 15.9 Å². The van der Waals surface area contributed by atoms with Crippen molar-refractivity contribution < 1.29 is 13.5 Å². The van der Waals surface area contributed by atoms with Crippen molar-refractivity contribution in [1.82, 2.24) is 4.31 Å². The summed E-state index contributed by atoms with van der Waals surface area (Å²) in [7, 11) is -2.09. The molecule has 0 heterocycles. The second kappa shape index (κ2) is 5.69. The Labute approximate surface area is 117 Å². The van der Waals surface area contributed by atoms with E-state index in [0.29, 0.717) is 5.56 Å². The average Bonchev–Trinajstić information content (AvgIpc) is 2.31. The molecule has 1 N–H and O–H groups in total. The molecule has 1 aromatic rings. The van der Waals surface area contributed by atoms with E-state index in [1.807, 2.05) is 6.92 Å². The minimum atomic E-state index is -3.57. The maximum atomic E-state index is 12.4. The fourth-order valence-corrected chi connectivity index (χ4v) is 3.64. The van der Waals surface area contributed by atoms with Crippen molar-refractivity contribution >= 4 is 26.0 Å². The van der Waals surface area contributed by atoms with Gasteiger partial charge in [0, 0.05) is 17.6 Å². The van der Waals surface area contributed by atoms with E-state index in [0.717, 1.165) is 10.0 Å². The lowest BCUT2D eigenvalue weighted by molar-refractivity contribution is 0.214. The largest absolute Gasteiger partial charge is 0.395 e. The van der Waals surface area contributed by atoms with Crippen LogP contribution in [0.1, 0.15) is 18.1 Å². The van der Waals surface area contributed by atoms with Crippen molar-refractivity contribution in [2.45, 2.75) is 31.7 Å². The highest BCUT2D eigenvalue weighted by atomic mass is 79.9. The molecule has 1 unspecified atom stereocenters. The van der Waals surface area contributed by atoms with Crippen LogP contribution in [-0.2, 0) is 10.0 Å². The van der Waals surface area contributed by atoms with Crippen molar-refractivity contribution in [2.24, 2.45) is 0 Å². The van der Waals surface area contributed by atoms with E-state index in [9.17, 15) is 8.42 Å². The zero-order valence-corrected chi connectivity index (χ0v) is 13.3. The number of hydrogen-bond acceptors (Lipinski definition) is 3. The lowest BCUT2D eigenvalue weighted by Crippen LogP contribution is -2.37. The van der Waals surface area contributed by atoms with E-state index >= 15 is 0 Å². The first-order chi connectivity index (χ1) is 8.21. The van der Waals surface area contributed by atoms with E-state index in [1.54, 1.807) is 26.0 Å². The molecule has 0 bridgehead atoms. The first-order valence-corrected chi connectivity index (χ1v) is 7.80. The molecule has 1 aromatic carbocycles. The first-order valence-electron chi connectivity index (χ1n) is 5.57. The van der Waals surface area contributed by atoms with E-state index < -0.39 is 16.1 Å². The highest BCUT2D eigenvalue weighted by Crippen LogP contribution is 2.26. The third-order valence-corrected chi connectivity index (χ3v) is 5.97. The van der Waals surface area contributed by atoms with Crippen LogP contribution in [0.2, 0.25) is 0 Å². The van der Waals surface area contributed by atoms with Crippen molar-refractivity contribution in [2.75, 3.05) is 13.7 Å². The van der Waals surface area contributed by atoms with Gasteiger partial charge in [0.2, 0.25) is 10.0 Å². The molecule has 0 aromatic heterocycles. The number of likely N-dealkylation sites (N-methyl/N-ethyl adjacent to an activating group) is 1. The lowest BCUT2D eigenvalue weighted by atomic mass is 10.2. The van der Waals surface area contributed by atoms with Gasteiger partial charge >= 0.3 is 0 Å². The summed E-state index contributed by atoms with van der Waals surface area (Å²) < 4.78 is 26.9. The van der Waals surface area contributed by atoms with Gasteiger partial charge in [-0.15, -0.1) is 0 Å². The molecule has 0 aliphatic heterocycles. The Morgan fingerprint density at radius 3 is 2.39 bits per heavy atom. The Morgan fingerprint density at radius 2 is 1.89 bits per heavy atom. The number of hydrogen-bond donors (Lipinski definition) is 1. The molecule has 0 saturated carbocycles. The quantitative estimate of drug-likeness (QED) is 0.916. The maximum Gasteiger partial charge on any atom is 0.243 e. The van der Waals surface area contributed by atoms with Crippen LogP contribution in [0.25, 0.3) is 0 Å². The van der Waals surface area contributed by atoms with Gasteiger partial charge in [0.25, 0.3) is 0 Å².